The van der Waals surface area contributed by atoms with Crippen molar-refractivity contribution in [3.63, 3.8) is 0 Å². The van der Waals surface area contributed by atoms with Crippen molar-refractivity contribution in [2.45, 2.75) is 33.2 Å². The molecule has 106 valence electrons. The smallest absolute Gasteiger partial charge is 0.150 e. The fraction of sp³-hybridized carbons (Fsp3) is 0.357. The lowest BCUT2D eigenvalue weighted by molar-refractivity contribution is 0.637. The molecule has 0 unspecified atom stereocenters. The normalized spacial score (nSPS) is 10.8. The molecule has 1 heterocycles. The molecular formula is C14H17ClN4S. The van der Waals surface area contributed by atoms with Gasteiger partial charge in [-0.15, -0.1) is 0 Å². The van der Waals surface area contributed by atoms with Gasteiger partial charge >= 0.3 is 0 Å². The van der Waals surface area contributed by atoms with E-state index in [0.29, 0.717) is 16.6 Å². The number of nitrogens with zero attached hydrogens (tertiary/aromatic N) is 3. The van der Waals surface area contributed by atoms with Crippen LogP contribution >= 0.6 is 23.8 Å². The molecule has 2 rings (SSSR count). The lowest BCUT2D eigenvalue weighted by atomic mass is 10.1. The third kappa shape index (κ3) is 3.16. The molecule has 2 N–H and O–H groups in total. The lowest BCUT2D eigenvalue weighted by Gasteiger charge is -2.08. The predicted octanol–water partition coefficient (Wildman–Crippen LogP) is 2.74. The largest absolute Gasteiger partial charge is 0.389 e. The van der Waals surface area contributed by atoms with E-state index in [-0.39, 0.29) is 0 Å². The SMILES string of the molecule is CCc1nc(CC)n(Cc2ccc(C(N)=S)cc2Cl)n1. The van der Waals surface area contributed by atoms with Crippen LogP contribution in [0.4, 0.5) is 0 Å². The van der Waals surface area contributed by atoms with Gasteiger partial charge in [0.15, 0.2) is 5.82 Å². The fourth-order valence-corrected chi connectivity index (χ4v) is 2.32. The van der Waals surface area contributed by atoms with Crippen molar-refractivity contribution >= 4 is 28.8 Å². The van der Waals surface area contributed by atoms with Crippen LogP contribution in [0.15, 0.2) is 18.2 Å². The molecule has 0 aliphatic heterocycles. The van der Waals surface area contributed by atoms with E-state index in [1.165, 1.54) is 0 Å². The van der Waals surface area contributed by atoms with Gasteiger partial charge in [0.05, 0.1) is 6.54 Å². The Morgan fingerprint density at radius 3 is 2.65 bits per heavy atom. The quantitative estimate of drug-likeness (QED) is 0.863. The van der Waals surface area contributed by atoms with Crippen LogP contribution in [0.2, 0.25) is 5.02 Å². The number of hydrogen-bond donors (Lipinski definition) is 1. The molecule has 1 aromatic heterocycles. The van der Waals surface area contributed by atoms with E-state index in [2.05, 4.69) is 17.0 Å². The summed E-state index contributed by atoms with van der Waals surface area (Å²) in [4.78, 5) is 4.84. The summed E-state index contributed by atoms with van der Waals surface area (Å²) < 4.78 is 1.90. The van der Waals surface area contributed by atoms with Crippen molar-refractivity contribution in [3.05, 3.63) is 46.0 Å². The lowest BCUT2D eigenvalue weighted by Crippen LogP contribution is -2.11. The van der Waals surface area contributed by atoms with Gasteiger partial charge in [-0.3, -0.25) is 0 Å². The molecule has 0 saturated heterocycles. The van der Waals surface area contributed by atoms with Crippen LogP contribution < -0.4 is 5.73 Å². The van der Waals surface area contributed by atoms with Crippen LogP contribution in [0.5, 0.6) is 0 Å². The van der Waals surface area contributed by atoms with Crippen molar-refractivity contribution in [3.8, 4) is 0 Å². The average molecular weight is 309 g/mol. The molecule has 6 heteroatoms. The number of hydrogen-bond acceptors (Lipinski definition) is 3. The van der Waals surface area contributed by atoms with Gasteiger partial charge in [-0.25, -0.2) is 9.67 Å². The highest BCUT2D eigenvalue weighted by molar-refractivity contribution is 7.80. The van der Waals surface area contributed by atoms with Gasteiger partial charge < -0.3 is 5.73 Å². The van der Waals surface area contributed by atoms with Crippen LogP contribution in [0.1, 0.15) is 36.6 Å². The Kier molecular flexibility index (Phi) is 4.73. The Balaban J connectivity index is 2.30. The van der Waals surface area contributed by atoms with Crippen LogP contribution in [-0.4, -0.2) is 19.8 Å². The minimum atomic E-state index is 0.349. The first kappa shape index (κ1) is 14.9. The fourth-order valence-electron chi connectivity index (χ4n) is 1.95. The zero-order valence-electron chi connectivity index (χ0n) is 11.6. The minimum absolute atomic E-state index is 0.349. The van der Waals surface area contributed by atoms with Crippen LogP contribution in [0, 0.1) is 0 Å². The molecule has 2 aromatic rings. The molecule has 0 spiro atoms. The van der Waals surface area contributed by atoms with Gasteiger partial charge in [0.2, 0.25) is 0 Å². The number of aryl methyl sites for hydroxylation is 2. The summed E-state index contributed by atoms with van der Waals surface area (Å²) in [5, 5.41) is 5.13. The molecule has 0 fully saturated rings. The van der Waals surface area contributed by atoms with E-state index in [1.54, 1.807) is 6.07 Å². The molecule has 0 saturated carbocycles. The second-order valence-corrected chi connectivity index (χ2v) is 5.33. The molecular weight excluding hydrogens is 292 g/mol. The second-order valence-electron chi connectivity index (χ2n) is 4.48. The van der Waals surface area contributed by atoms with Crippen molar-refractivity contribution in [2.75, 3.05) is 0 Å². The van der Waals surface area contributed by atoms with Gasteiger partial charge in [0.25, 0.3) is 0 Å². The van der Waals surface area contributed by atoms with Gasteiger partial charge in [0, 0.05) is 23.4 Å². The first-order valence-corrected chi connectivity index (χ1v) is 7.34. The Labute approximate surface area is 129 Å². The third-order valence-electron chi connectivity index (χ3n) is 3.08. The zero-order valence-corrected chi connectivity index (χ0v) is 13.1. The molecule has 20 heavy (non-hydrogen) atoms. The average Bonchev–Trinajstić information content (AvgIpc) is 2.83. The number of halogens is 1. The summed E-state index contributed by atoms with van der Waals surface area (Å²) in [5.41, 5.74) is 7.35. The second kappa shape index (κ2) is 6.33. The molecule has 1 aromatic carbocycles. The van der Waals surface area contributed by atoms with Gasteiger partial charge in [0.1, 0.15) is 10.8 Å². The summed E-state index contributed by atoms with van der Waals surface area (Å²) in [6.07, 6.45) is 1.67. The van der Waals surface area contributed by atoms with Gasteiger partial charge in [-0.2, -0.15) is 5.10 Å². The highest BCUT2D eigenvalue weighted by Gasteiger charge is 2.10. The highest BCUT2D eigenvalue weighted by atomic mass is 35.5. The number of aromatic nitrogens is 3. The molecule has 0 bridgehead atoms. The summed E-state index contributed by atoms with van der Waals surface area (Å²) >= 11 is 11.2. The van der Waals surface area contributed by atoms with E-state index in [9.17, 15) is 0 Å². The van der Waals surface area contributed by atoms with Gasteiger partial charge in [-0.05, 0) is 11.6 Å². The van der Waals surface area contributed by atoms with Crippen LogP contribution in [0.3, 0.4) is 0 Å². The number of benzene rings is 1. The predicted molar refractivity (Wildman–Crippen MR) is 85.2 cm³/mol. The van der Waals surface area contributed by atoms with E-state index < -0.39 is 0 Å². The maximum absolute atomic E-state index is 6.28. The molecule has 0 atom stereocenters. The van der Waals surface area contributed by atoms with E-state index in [1.807, 2.05) is 23.7 Å². The maximum Gasteiger partial charge on any atom is 0.150 e. The highest BCUT2D eigenvalue weighted by Crippen LogP contribution is 2.19. The van der Waals surface area contributed by atoms with Crippen molar-refractivity contribution in [1.82, 2.24) is 14.8 Å². The Hall–Kier alpha value is -1.46. The molecule has 0 aliphatic rings. The summed E-state index contributed by atoms with van der Waals surface area (Å²) in [6, 6.07) is 5.61. The summed E-state index contributed by atoms with van der Waals surface area (Å²) in [7, 11) is 0. The third-order valence-corrected chi connectivity index (χ3v) is 3.67. The number of nitrogens with two attached hydrogens (primary N) is 1. The summed E-state index contributed by atoms with van der Waals surface area (Å²) in [5.74, 6) is 1.83. The first-order valence-electron chi connectivity index (χ1n) is 6.56. The Bertz CT molecular complexity index is 636. The first-order chi connectivity index (χ1) is 9.55. The molecule has 0 amide bonds. The molecule has 4 nitrogen and oxygen atoms in total. The van der Waals surface area contributed by atoms with Crippen molar-refractivity contribution in [1.29, 1.82) is 0 Å². The minimum Gasteiger partial charge on any atom is -0.389 e. The van der Waals surface area contributed by atoms with Crippen LogP contribution in [0.25, 0.3) is 0 Å². The Morgan fingerprint density at radius 2 is 2.10 bits per heavy atom. The topological polar surface area (TPSA) is 56.7 Å². The van der Waals surface area contributed by atoms with Crippen molar-refractivity contribution < 1.29 is 0 Å². The molecule has 0 aliphatic carbocycles. The van der Waals surface area contributed by atoms with E-state index in [4.69, 9.17) is 29.6 Å². The summed E-state index contributed by atoms with van der Waals surface area (Å²) in [6.45, 7) is 4.72. The van der Waals surface area contributed by atoms with Crippen LogP contribution in [-0.2, 0) is 19.4 Å². The number of rotatable bonds is 5. The molecule has 0 radical (unpaired) electrons. The van der Waals surface area contributed by atoms with Crippen molar-refractivity contribution in [2.24, 2.45) is 5.73 Å². The maximum atomic E-state index is 6.28. The Morgan fingerprint density at radius 1 is 1.35 bits per heavy atom. The van der Waals surface area contributed by atoms with E-state index in [0.717, 1.165) is 35.6 Å². The van der Waals surface area contributed by atoms with E-state index >= 15 is 0 Å². The number of thiocarbonyl (C=S) groups is 1. The van der Waals surface area contributed by atoms with Gasteiger partial charge in [-0.1, -0.05) is 49.8 Å². The zero-order chi connectivity index (χ0) is 14.7. The standard InChI is InChI=1S/C14H17ClN4S/c1-3-12-17-13(4-2)19(18-12)8-10-6-5-9(14(16)20)7-11(10)15/h5-7H,3-4,8H2,1-2H3,(H2,16,20). The monoisotopic (exact) mass is 308 g/mol.